The van der Waals surface area contributed by atoms with Gasteiger partial charge in [-0.15, -0.1) is 0 Å². The summed E-state index contributed by atoms with van der Waals surface area (Å²) in [5, 5.41) is 9.09. The van der Waals surface area contributed by atoms with E-state index in [1.54, 1.807) is 23.9 Å². The third-order valence-electron chi connectivity index (χ3n) is 2.58. The van der Waals surface area contributed by atoms with Crippen molar-refractivity contribution in [3.05, 3.63) is 41.2 Å². The van der Waals surface area contributed by atoms with Crippen LogP contribution in [0.5, 0.6) is 0 Å². The maximum absolute atomic E-state index is 13.4. The molecule has 0 aliphatic rings. The van der Waals surface area contributed by atoms with Gasteiger partial charge in [0, 0.05) is 22.6 Å². The largest absolute Gasteiger partial charge is 0.478 e. The second-order valence-corrected chi connectivity index (χ2v) is 5.48. The zero-order valence-electron chi connectivity index (χ0n) is 10.5. The van der Waals surface area contributed by atoms with Gasteiger partial charge in [-0.3, -0.25) is 0 Å². The minimum Gasteiger partial charge on any atom is -0.478 e. The summed E-state index contributed by atoms with van der Waals surface area (Å²) in [6, 6.07) is 4.82. The molecule has 0 bridgehead atoms. The van der Waals surface area contributed by atoms with Gasteiger partial charge in [0.15, 0.2) is 0 Å². The summed E-state index contributed by atoms with van der Waals surface area (Å²) >= 11 is 1.81. The third-order valence-corrected chi connectivity index (χ3v) is 3.98. The Labute approximate surface area is 111 Å². The first kappa shape index (κ1) is 14.8. The van der Waals surface area contributed by atoms with Gasteiger partial charge in [-0.05, 0) is 30.2 Å². The van der Waals surface area contributed by atoms with E-state index in [-0.39, 0.29) is 0 Å². The van der Waals surface area contributed by atoms with E-state index >= 15 is 0 Å². The number of benzene rings is 1. The monoisotopic (exact) mass is 268 g/mol. The zero-order valence-corrected chi connectivity index (χ0v) is 11.3. The highest BCUT2D eigenvalue weighted by molar-refractivity contribution is 7.99. The van der Waals surface area contributed by atoms with Crippen LogP contribution in [0, 0.1) is 5.82 Å². The highest BCUT2D eigenvalue weighted by atomic mass is 32.2. The molecule has 4 heteroatoms. The fourth-order valence-corrected chi connectivity index (χ4v) is 2.22. The molecule has 1 atom stereocenters. The molecule has 0 fully saturated rings. The van der Waals surface area contributed by atoms with Gasteiger partial charge in [0.2, 0.25) is 0 Å². The van der Waals surface area contributed by atoms with Gasteiger partial charge < -0.3 is 5.11 Å². The molecular formula is C14H17FO2S. The van der Waals surface area contributed by atoms with E-state index in [2.05, 4.69) is 13.8 Å². The number of hydrogen-bond donors (Lipinski definition) is 1. The highest BCUT2D eigenvalue weighted by Gasteiger charge is 2.04. The predicted molar refractivity (Wildman–Crippen MR) is 74.1 cm³/mol. The van der Waals surface area contributed by atoms with E-state index < -0.39 is 11.8 Å². The second kappa shape index (κ2) is 7.21. The van der Waals surface area contributed by atoms with E-state index in [0.717, 1.165) is 23.8 Å². The molecule has 1 aromatic rings. The van der Waals surface area contributed by atoms with Gasteiger partial charge in [0.25, 0.3) is 0 Å². The number of carboxylic acids is 1. The second-order valence-electron chi connectivity index (χ2n) is 4.06. The van der Waals surface area contributed by atoms with E-state index in [4.69, 9.17) is 5.11 Å². The molecule has 0 aliphatic heterocycles. The Morgan fingerprint density at radius 1 is 1.56 bits per heavy atom. The molecule has 2 nitrogen and oxygen atoms in total. The van der Waals surface area contributed by atoms with Crippen molar-refractivity contribution in [1.82, 2.24) is 0 Å². The van der Waals surface area contributed by atoms with Gasteiger partial charge in [0.05, 0.1) is 0 Å². The SMILES string of the molecule is CCC(C)SCc1ccc(F)c(C=CC(=O)O)c1. The molecule has 1 rings (SSSR count). The molecule has 0 aliphatic carbocycles. The van der Waals surface area contributed by atoms with Crippen LogP contribution < -0.4 is 0 Å². The first-order valence-corrected chi connectivity index (χ1v) is 6.88. The van der Waals surface area contributed by atoms with Crippen LogP contribution >= 0.6 is 11.8 Å². The molecule has 0 radical (unpaired) electrons. The molecule has 18 heavy (non-hydrogen) atoms. The summed E-state index contributed by atoms with van der Waals surface area (Å²) in [5.74, 6) is -0.665. The standard InChI is InChI=1S/C14H17FO2S/c1-3-10(2)18-9-11-4-6-13(15)12(8-11)5-7-14(16)17/h4-8,10H,3,9H2,1-2H3,(H,16,17). The summed E-state index contributed by atoms with van der Waals surface area (Å²) in [7, 11) is 0. The van der Waals surface area contributed by atoms with Gasteiger partial charge in [-0.2, -0.15) is 11.8 Å². The van der Waals surface area contributed by atoms with Crippen LogP contribution in [0.4, 0.5) is 4.39 Å². The molecule has 0 spiro atoms. The van der Waals surface area contributed by atoms with Crippen molar-refractivity contribution in [2.75, 3.05) is 0 Å². The minimum atomic E-state index is -1.08. The zero-order chi connectivity index (χ0) is 13.5. The molecule has 0 saturated carbocycles. The number of thioether (sulfide) groups is 1. The van der Waals surface area contributed by atoms with Crippen LogP contribution in [0.3, 0.4) is 0 Å². The van der Waals surface area contributed by atoms with E-state index in [0.29, 0.717) is 10.8 Å². The van der Waals surface area contributed by atoms with Crippen molar-refractivity contribution in [3.8, 4) is 0 Å². The predicted octanol–water partition coefficient (Wildman–Crippen LogP) is 3.96. The van der Waals surface area contributed by atoms with Gasteiger partial charge in [0.1, 0.15) is 5.82 Å². The van der Waals surface area contributed by atoms with Gasteiger partial charge in [-0.25, -0.2) is 9.18 Å². The van der Waals surface area contributed by atoms with Gasteiger partial charge >= 0.3 is 5.97 Å². The van der Waals surface area contributed by atoms with Crippen molar-refractivity contribution >= 4 is 23.8 Å². The molecule has 98 valence electrons. The molecular weight excluding hydrogens is 251 g/mol. The number of carbonyl (C=O) groups is 1. The quantitative estimate of drug-likeness (QED) is 0.794. The maximum atomic E-state index is 13.4. The van der Waals surface area contributed by atoms with Crippen LogP contribution in [0.25, 0.3) is 6.08 Å². The van der Waals surface area contributed by atoms with Crippen molar-refractivity contribution in [2.24, 2.45) is 0 Å². The van der Waals surface area contributed by atoms with Crippen LogP contribution in [-0.4, -0.2) is 16.3 Å². The Balaban J connectivity index is 2.77. The fraction of sp³-hybridized carbons (Fsp3) is 0.357. The molecule has 1 N–H and O–H groups in total. The van der Waals surface area contributed by atoms with Crippen molar-refractivity contribution in [3.63, 3.8) is 0 Å². The highest BCUT2D eigenvalue weighted by Crippen LogP contribution is 2.21. The van der Waals surface area contributed by atoms with E-state index in [9.17, 15) is 9.18 Å². The summed E-state index contributed by atoms with van der Waals surface area (Å²) in [6.45, 7) is 4.28. The third kappa shape index (κ3) is 4.92. The Morgan fingerprint density at radius 2 is 2.28 bits per heavy atom. The minimum absolute atomic E-state index is 0.319. The number of halogens is 1. The summed E-state index contributed by atoms with van der Waals surface area (Å²) < 4.78 is 13.4. The molecule has 0 aromatic heterocycles. The van der Waals surface area contributed by atoms with Crippen LogP contribution in [0.15, 0.2) is 24.3 Å². The average molecular weight is 268 g/mol. The Morgan fingerprint density at radius 3 is 2.89 bits per heavy atom. The molecule has 0 heterocycles. The van der Waals surface area contributed by atoms with Gasteiger partial charge in [-0.1, -0.05) is 19.9 Å². The smallest absolute Gasteiger partial charge is 0.328 e. The Kier molecular flexibility index (Phi) is 5.92. The number of hydrogen-bond acceptors (Lipinski definition) is 2. The first-order chi connectivity index (χ1) is 8.52. The van der Waals surface area contributed by atoms with Crippen LogP contribution in [-0.2, 0) is 10.5 Å². The van der Waals surface area contributed by atoms with Crippen molar-refractivity contribution in [1.29, 1.82) is 0 Å². The maximum Gasteiger partial charge on any atom is 0.328 e. The van der Waals surface area contributed by atoms with Crippen molar-refractivity contribution in [2.45, 2.75) is 31.3 Å². The normalized spacial score (nSPS) is 12.8. The number of aliphatic carboxylic acids is 1. The van der Waals surface area contributed by atoms with Crippen LogP contribution in [0.1, 0.15) is 31.4 Å². The molecule has 0 amide bonds. The Hall–Kier alpha value is -1.29. The molecule has 0 saturated heterocycles. The lowest BCUT2D eigenvalue weighted by Gasteiger charge is -2.08. The fourth-order valence-electron chi connectivity index (χ4n) is 1.33. The molecule has 1 unspecified atom stereocenters. The lowest BCUT2D eigenvalue weighted by atomic mass is 10.1. The lowest BCUT2D eigenvalue weighted by molar-refractivity contribution is -0.131. The topological polar surface area (TPSA) is 37.3 Å². The number of rotatable bonds is 6. The first-order valence-electron chi connectivity index (χ1n) is 5.84. The van der Waals surface area contributed by atoms with Crippen molar-refractivity contribution < 1.29 is 14.3 Å². The van der Waals surface area contributed by atoms with E-state index in [1.807, 2.05) is 0 Å². The number of carboxylic acid groups (broad SMARTS) is 1. The summed E-state index contributed by atoms with van der Waals surface area (Å²) in [6.07, 6.45) is 3.33. The average Bonchev–Trinajstić information content (AvgIpc) is 2.35. The lowest BCUT2D eigenvalue weighted by Crippen LogP contribution is -1.95. The molecule has 1 aromatic carbocycles. The Bertz CT molecular complexity index is 443. The summed E-state index contributed by atoms with van der Waals surface area (Å²) in [5.41, 5.74) is 1.33. The van der Waals surface area contributed by atoms with E-state index in [1.165, 1.54) is 12.1 Å². The van der Waals surface area contributed by atoms with Crippen LogP contribution in [0.2, 0.25) is 0 Å². The summed E-state index contributed by atoms with van der Waals surface area (Å²) in [4.78, 5) is 10.4.